The first kappa shape index (κ1) is 13.5. The Bertz CT molecular complexity index is 323. The first-order chi connectivity index (χ1) is 8.26. The predicted octanol–water partition coefficient (Wildman–Crippen LogP) is 0.0830. The van der Waals surface area contributed by atoms with Crippen molar-refractivity contribution < 1.29 is 4.74 Å². The highest BCUT2D eigenvalue weighted by atomic mass is 16.5. The molecule has 0 bridgehead atoms. The first-order valence-corrected chi connectivity index (χ1v) is 5.69. The van der Waals surface area contributed by atoms with Crippen LogP contribution in [0.25, 0.3) is 0 Å². The van der Waals surface area contributed by atoms with Gasteiger partial charge in [0.15, 0.2) is 5.96 Å². The van der Waals surface area contributed by atoms with Crippen molar-refractivity contribution in [3.63, 3.8) is 0 Å². The number of nitrogens with one attached hydrogen (secondary N) is 2. The molecule has 0 aliphatic rings. The maximum absolute atomic E-state index is 5.05. The van der Waals surface area contributed by atoms with E-state index in [0.717, 1.165) is 19.0 Å². The number of hydrogen-bond donors (Lipinski definition) is 2. The number of rotatable bonds is 6. The molecule has 1 aromatic rings. The van der Waals surface area contributed by atoms with Crippen LogP contribution in [0.3, 0.4) is 0 Å². The molecular formula is C11H21N5O. The van der Waals surface area contributed by atoms with Crippen molar-refractivity contribution >= 4 is 5.96 Å². The maximum Gasteiger partial charge on any atom is 0.191 e. The van der Waals surface area contributed by atoms with E-state index in [0.29, 0.717) is 6.61 Å². The minimum Gasteiger partial charge on any atom is -0.383 e. The molecule has 6 nitrogen and oxygen atoms in total. The number of methoxy groups -OCH3 is 1. The fourth-order valence-electron chi connectivity index (χ4n) is 1.44. The molecule has 1 rings (SSSR count). The Labute approximate surface area is 102 Å². The van der Waals surface area contributed by atoms with E-state index in [1.807, 2.05) is 23.9 Å². The molecule has 0 aromatic carbocycles. The SMILES string of the molecule is CN=C(NCCn1cccn1)NC(C)COC. The lowest BCUT2D eigenvalue weighted by Crippen LogP contribution is -2.44. The lowest BCUT2D eigenvalue weighted by molar-refractivity contribution is 0.179. The zero-order valence-corrected chi connectivity index (χ0v) is 10.7. The van der Waals surface area contributed by atoms with Crippen LogP contribution in [0.15, 0.2) is 23.5 Å². The summed E-state index contributed by atoms with van der Waals surface area (Å²) in [6.45, 7) is 4.29. The average Bonchev–Trinajstić information content (AvgIpc) is 2.81. The molecule has 0 aliphatic carbocycles. The highest BCUT2D eigenvalue weighted by Gasteiger charge is 2.03. The summed E-state index contributed by atoms with van der Waals surface area (Å²) in [4.78, 5) is 4.14. The van der Waals surface area contributed by atoms with Crippen molar-refractivity contribution in [3.8, 4) is 0 Å². The molecule has 0 fully saturated rings. The molecule has 0 amide bonds. The van der Waals surface area contributed by atoms with E-state index in [1.165, 1.54) is 0 Å². The summed E-state index contributed by atoms with van der Waals surface area (Å²) >= 11 is 0. The van der Waals surface area contributed by atoms with E-state index in [4.69, 9.17) is 4.74 Å². The van der Waals surface area contributed by atoms with Gasteiger partial charge in [0.05, 0.1) is 13.2 Å². The second-order valence-corrected chi connectivity index (χ2v) is 3.77. The van der Waals surface area contributed by atoms with Gasteiger partial charge in [0.25, 0.3) is 0 Å². The first-order valence-electron chi connectivity index (χ1n) is 5.69. The Kier molecular flexibility index (Phi) is 6.09. The van der Waals surface area contributed by atoms with Crippen LogP contribution >= 0.6 is 0 Å². The number of guanidine groups is 1. The van der Waals surface area contributed by atoms with Crippen molar-refractivity contribution in [2.24, 2.45) is 4.99 Å². The van der Waals surface area contributed by atoms with Crippen LogP contribution in [0, 0.1) is 0 Å². The topological polar surface area (TPSA) is 63.5 Å². The van der Waals surface area contributed by atoms with Crippen molar-refractivity contribution in [1.29, 1.82) is 0 Å². The number of nitrogens with zero attached hydrogens (tertiary/aromatic N) is 3. The summed E-state index contributed by atoms with van der Waals surface area (Å²) in [5.74, 6) is 0.779. The van der Waals surface area contributed by atoms with Gasteiger partial charge < -0.3 is 15.4 Å². The smallest absolute Gasteiger partial charge is 0.191 e. The van der Waals surface area contributed by atoms with Crippen LogP contribution in [0.2, 0.25) is 0 Å². The second kappa shape index (κ2) is 7.67. The van der Waals surface area contributed by atoms with Crippen molar-refractivity contribution in [3.05, 3.63) is 18.5 Å². The summed E-state index contributed by atoms with van der Waals surface area (Å²) in [5, 5.41) is 10.6. The van der Waals surface area contributed by atoms with Crippen molar-refractivity contribution in [1.82, 2.24) is 20.4 Å². The monoisotopic (exact) mass is 239 g/mol. The molecule has 0 radical (unpaired) electrons. The summed E-state index contributed by atoms with van der Waals surface area (Å²) in [7, 11) is 3.44. The molecule has 0 saturated heterocycles. The second-order valence-electron chi connectivity index (χ2n) is 3.77. The molecule has 0 spiro atoms. The molecule has 2 N–H and O–H groups in total. The highest BCUT2D eigenvalue weighted by molar-refractivity contribution is 5.79. The maximum atomic E-state index is 5.05. The quantitative estimate of drug-likeness (QED) is 0.545. The van der Waals surface area contributed by atoms with Crippen LogP contribution in [0.1, 0.15) is 6.92 Å². The molecule has 1 unspecified atom stereocenters. The van der Waals surface area contributed by atoms with Gasteiger partial charge in [-0.15, -0.1) is 0 Å². The third-order valence-electron chi connectivity index (χ3n) is 2.22. The third-order valence-corrected chi connectivity index (χ3v) is 2.22. The minimum atomic E-state index is 0.232. The fourth-order valence-corrected chi connectivity index (χ4v) is 1.44. The third kappa shape index (κ3) is 5.35. The molecule has 1 atom stereocenters. The average molecular weight is 239 g/mol. The Balaban J connectivity index is 2.23. The number of hydrogen-bond acceptors (Lipinski definition) is 3. The molecule has 0 aliphatic heterocycles. The molecule has 1 aromatic heterocycles. The molecule has 6 heteroatoms. The number of ether oxygens (including phenoxy) is 1. The van der Waals surface area contributed by atoms with Crippen LogP contribution in [0.5, 0.6) is 0 Å². The van der Waals surface area contributed by atoms with Gasteiger partial charge >= 0.3 is 0 Å². The van der Waals surface area contributed by atoms with Gasteiger partial charge in [-0.1, -0.05) is 0 Å². The van der Waals surface area contributed by atoms with Crippen LogP contribution in [0.4, 0.5) is 0 Å². The summed E-state index contributed by atoms with van der Waals surface area (Å²) in [6.07, 6.45) is 3.71. The predicted molar refractivity (Wildman–Crippen MR) is 68.1 cm³/mol. The number of aliphatic imine (C=N–C) groups is 1. The summed E-state index contributed by atoms with van der Waals surface area (Å²) in [5.41, 5.74) is 0. The normalized spacial score (nSPS) is 13.5. The van der Waals surface area contributed by atoms with E-state index < -0.39 is 0 Å². The zero-order valence-electron chi connectivity index (χ0n) is 10.7. The van der Waals surface area contributed by atoms with Gasteiger partial charge in [0.2, 0.25) is 0 Å². The van der Waals surface area contributed by atoms with Gasteiger partial charge in [0.1, 0.15) is 0 Å². The summed E-state index contributed by atoms with van der Waals surface area (Å²) in [6, 6.07) is 2.14. The van der Waals surface area contributed by atoms with Gasteiger partial charge in [0, 0.05) is 39.1 Å². The molecule has 0 saturated carbocycles. The highest BCUT2D eigenvalue weighted by Crippen LogP contribution is 1.84. The van der Waals surface area contributed by atoms with Gasteiger partial charge in [-0.05, 0) is 13.0 Å². The van der Waals surface area contributed by atoms with Crippen LogP contribution < -0.4 is 10.6 Å². The van der Waals surface area contributed by atoms with Crippen LogP contribution in [-0.4, -0.2) is 49.1 Å². The largest absolute Gasteiger partial charge is 0.383 e. The molecule has 17 heavy (non-hydrogen) atoms. The van der Waals surface area contributed by atoms with Crippen LogP contribution in [-0.2, 0) is 11.3 Å². The Morgan fingerprint density at radius 2 is 2.41 bits per heavy atom. The van der Waals surface area contributed by atoms with Crippen molar-refractivity contribution in [2.75, 3.05) is 27.3 Å². The van der Waals surface area contributed by atoms with E-state index in [-0.39, 0.29) is 6.04 Å². The van der Waals surface area contributed by atoms with E-state index >= 15 is 0 Å². The van der Waals surface area contributed by atoms with Gasteiger partial charge in [-0.2, -0.15) is 5.10 Å². The fraction of sp³-hybridized carbons (Fsp3) is 0.636. The Morgan fingerprint density at radius 1 is 1.59 bits per heavy atom. The van der Waals surface area contributed by atoms with Gasteiger partial charge in [-0.25, -0.2) is 0 Å². The van der Waals surface area contributed by atoms with Crippen molar-refractivity contribution in [2.45, 2.75) is 19.5 Å². The molecule has 96 valence electrons. The molecular weight excluding hydrogens is 218 g/mol. The van der Waals surface area contributed by atoms with E-state index in [9.17, 15) is 0 Å². The van der Waals surface area contributed by atoms with E-state index in [2.05, 4.69) is 20.7 Å². The Hall–Kier alpha value is -1.56. The minimum absolute atomic E-state index is 0.232. The zero-order chi connectivity index (χ0) is 12.5. The lowest BCUT2D eigenvalue weighted by atomic mass is 10.4. The Morgan fingerprint density at radius 3 is 3.00 bits per heavy atom. The standard InChI is InChI=1S/C11H21N5O/c1-10(9-17-3)15-11(12-2)13-6-8-16-7-4-5-14-16/h4-5,7,10H,6,8-9H2,1-3H3,(H2,12,13,15). The summed E-state index contributed by atoms with van der Waals surface area (Å²) < 4.78 is 6.93. The van der Waals surface area contributed by atoms with E-state index in [1.54, 1.807) is 20.4 Å². The van der Waals surface area contributed by atoms with Gasteiger partial charge in [-0.3, -0.25) is 9.67 Å². The molecule has 1 heterocycles. The lowest BCUT2D eigenvalue weighted by Gasteiger charge is -2.17. The number of aromatic nitrogens is 2.